The molecule has 2 aromatic heterocycles. The van der Waals surface area contributed by atoms with Crippen molar-refractivity contribution >= 4 is 22.9 Å². The van der Waals surface area contributed by atoms with Gasteiger partial charge in [-0.2, -0.15) is 23.1 Å². The molecule has 0 atom stereocenters. The summed E-state index contributed by atoms with van der Waals surface area (Å²) in [5.41, 5.74) is 11.9. The van der Waals surface area contributed by atoms with Gasteiger partial charge in [0.2, 0.25) is 5.95 Å². The number of halogens is 3. The molecule has 0 aliphatic rings. The van der Waals surface area contributed by atoms with E-state index in [0.717, 1.165) is 12.1 Å². The molecule has 0 fully saturated rings. The topological polar surface area (TPSA) is 104 Å². The second-order valence-electron chi connectivity index (χ2n) is 4.88. The molecule has 4 N–H and O–H groups in total. The third-order valence-corrected chi connectivity index (χ3v) is 3.14. The van der Waals surface area contributed by atoms with E-state index in [1.54, 1.807) is 6.07 Å². The fraction of sp³-hybridized carbons (Fsp3) is 0.143. The Morgan fingerprint density at radius 1 is 1.04 bits per heavy atom. The number of hydrogen-bond donors (Lipinski definition) is 2. The van der Waals surface area contributed by atoms with Crippen molar-refractivity contribution < 1.29 is 13.2 Å². The number of anilines is 2. The second kappa shape index (κ2) is 5.34. The summed E-state index contributed by atoms with van der Waals surface area (Å²) in [6.07, 6.45) is -2.78. The Hall–Kier alpha value is -2.97. The standard InChI is InChI=1S/C14H11F3N6/c15-14(16,17)8-3-1-2-7(4-8)5-9-6-20-10-11(18)22-13(19)23-12(10)21-9/h1-4,6H,5H2,(H4,18,19,21,22,23). The average Bonchev–Trinajstić information content (AvgIpc) is 2.46. The first-order chi connectivity index (χ1) is 10.8. The largest absolute Gasteiger partial charge is 0.416 e. The van der Waals surface area contributed by atoms with Crippen LogP contribution in [0.5, 0.6) is 0 Å². The van der Waals surface area contributed by atoms with Crippen molar-refractivity contribution in [1.82, 2.24) is 19.9 Å². The summed E-state index contributed by atoms with van der Waals surface area (Å²) >= 11 is 0. The smallest absolute Gasteiger partial charge is 0.382 e. The fourth-order valence-corrected chi connectivity index (χ4v) is 2.14. The van der Waals surface area contributed by atoms with Gasteiger partial charge in [-0.25, -0.2) is 9.97 Å². The van der Waals surface area contributed by atoms with Gasteiger partial charge in [0.05, 0.1) is 11.3 Å². The van der Waals surface area contributed by atoms with Gasteiger partial charge in [0.1, 0.15) is 5.52 Å². The molecule has 0 unspecified atom stereocenters. The first-order valence-electron chi connectivity index (χ1n) is 6.53. The lowest BCUT2D eigenvalue weighted by Crippen LogP contribution is -2.06. The molecule has 0 radical (unpaired) electrons. The zero-order valence-corrected chi connectivity index (χ0v) is 11.7. The minimum Gasteiger partial charge on any atom is -0.382 e. The highest BCUT2D eigenvalue weighted by atomic mass is 19.4. The van der Waals surface area contributed by atoms with E-state index in [0.29, 0.717) is 16.8 Å². The van der Waals surface area contributed by atoms with E-state index >= 15 is 0 Å². The fourth-order valence-electron chi connectivity index (χ4n) is 2.14. The Morgan fingerprint density at radius 2 is 1.83 bits per heavy atom. The van der Waals surface area contributed by atoms with Crippen molar-refractivity contribution in [3.63, 3.8) is 0 Å². The van der Waals surface area contributed by atoms with Gasteiger partial charge in [-0.05, 0) is 11.6 Å². The first kappa shape index (κ1) is 14.9. The molecule has 0 amide bonds. The number of rotatable bonds is 2. The summed E-state index contributed by atoms with van der Waals surface area (Å²) in [7, 11) is 0. The summed E-state index contributed by atoms with van der Waals surface area (Å²) in [6, 6.07) is 5.04. The molecule has 2 heterocycles. The van der Waals surface area contributed by atoms with Gasteiger partial charge in [0.25, 0.3) is 0 Å². The lowest BCUT2D eigenvalue weighted by molar-refractivity contribution is -0.137. The van der Waals surface area contributed by atoms with Crippen LogP contribution in [-0.2, 0) is 12.6 Å². The van der Waals surface area contributed by atoms with Gasteiger partial charge in [0, 0.05) is 12.6 Å². The van der Waals surface area contributed by atoms with E-state index in [1.807, 2.05) is 0 Å². The lowest BCUT2D eigenvalue weighted by Gasteiger charge is -2.09. The monoisotopic (exact) mass is 320 g/mol. The van der Waals surface area contributed by atoms with Crippen molar-refractivity contribution in [3.8, 4) is 0 Å². The molecule has 3 aromatic rings. The molecule has 1 aromatic carbocycles. The summed E-state index contributed by atoms with van der Waals surface area (Å²) in [5, 5.41) is 0. The van der Waals surface area contributed by atoms with Crippen LogP contribution in [0.2, 0.25) is 0 Å². The molecule has 23 heavy (non-hydrogen) atoms. The molecule has 0 aliphatic heterocycles. The quantitative estimate of drug-likeness (QED) is 0.750. The number of alkyl halides is 3. The molecular weight excluding hydrogens is 309 g/mol. The van der Waals surface area contributed by atoms with Crippen LogP contribution < -0.4 is 11.5 Å². The van der Waals surface area contributed by atoms with Gasteiger partial charge in [-0.3, -0.25) is 0 Å². The normalized spacial score (nSPS) is 11.8. The maximum atomic E-state index is 12.7. The van der Waals surface area contributed by atoms with E-state index < -0.39 is 11.7 Å². The van der Waals surface area contributed by atoms with Gasteiger partial charge >= 0.3 is 6.18 Å². The number of aromatic nitrogens is 4. The number of hydrogen-bond acceptors (Lipinski definition) is 6. The molecule has 118 valence electrons. The molecular formula is C14H11F3N6. The Kier molecular flexibility index (Phi) is 3.47. The van der Waals surface area contributed by atoms with Crippen molar-refractivity contribution in [2.24, 2.45) is 0 Å². The minimum atomic E-state index is -4.39. The summed E-state index contributed by atoms with van der Waals surface area (Å²) in [6.45, 7) is 0. The van der Waals surface area contributed by atoms with Crippen LogP contribution in [0.25, 0.3) is 11.2 Å². The Labute approximate surface area is 128 Å². The van der Waals surface area contributed by atoms with Gasteiger partial charge in [0.15, 0.2) is 11.5 Å². The Morgan fingerprint density at radius 3 is 2.57 bits per heavy atom. The third kappa shape index (κ3) is 3.12. The molecule has 0 saturated heterocycles. The minimum absolute atomic E-state index is 0.0412. The summed E-state index contributed by atoms with van der Waals surface area (Å²) in [4.78, 5) is 16.0. The second-order valence-corrected chi connectivity index (χ2v) is 4.88. The van der Waals surface area contributed by atoms with E-state index in [9.17, 15) is 13.2 Å². The van der Waals surface area contributed by atoms with E-state index in [1.165, 1.54) is 12.3 Å². The summed E-state index contributed by atoms with van der Waals surface area (Å²) < 4.78 is 38.2. The third-order valence-electron chi connectivity index (χ3n) is 3.14. The number of nitrogen functional groups attached to an aromatic ring is 2. The van der Waals surface area contributed by atoms with Gasteiger partial charge < -0.3 is 11.5 Å². The first-order valence-corrected chi connectivity index (χ1v) is 6.53. The van der Waals surface area contributed by atoms with Crippen molar-refractivity contribution in [1.29, 1.82) is 0 Å². The molecule has 0 aliphatic carbocycles. The zero-order valence-electron chi connectivity index (χ0n) is 11.7. The number of nitrogens with zero attached hydrogens (tertiary/aromatic N) is 4. The lowest BCUT2D eigenvalue weighted by atomic mass is 10.1. The molecule has 9 heteroatoms. The number of nitrogens with two attached hydrogens (primary N) is 2. The van der Waals surface area contributed by atoms with Crippen molar-refractivity contribution in [2.45, 2.75) is 12.6 Å². The maximum Gasteiger partial charge on any atom is 0.416 e. The molecule has 0 saturated carbocycles. The highest BCUT2D eigenvalue weighted by Crippen LogP contribution is 2.30. The van der Waals surface area contributed by atoms with Crippen LogP contribution in [0.1, 0.15) is 16.8 Å². The van der Waals surface area contributed by atoms with Crippen LogP contribution in [0.15, 0.2) is 30.5 Å². The summed E-state index contributed by atoms with van der Waals surface area (Å²) in [5.74, 6) is 0.0612. The highest BCUT2D eigenvalue weighted by Gasteiger charge is 2.30. The number of fused-ring (bicyclic) bond motifs is 1. The predicted molar refractivity (Wildman–Crippen MR) is 78.2 cm³/mol. The molecule has 3 rings (SSSR count). The van der Waals surface area contributed by atoms with Crippen molar-refractivity contribution in [3.05, 3.63) is 47.3 Å². The SMILES string of the molecule is Nc1nc(N)c2ncc(Cc3cccc(C(F)(F)F)c3)nc2n1. The Bertz CT molecular complexity index is 878. The zero-order chi connectivity index (χ0) is 16.6. The van der Waals surface area contributed by atoms with Gasteiger partial charge in [-0.15, -0.1) is 0 Å². The molecule has 6 nitrogen and oxygen atoms in total. The molecule has 0 spiro atoms. The van der Waals surface area contributed by atoms with E-state index in [2.05, 4.69) is 19.9 Å². The molecule has 0 bridgehead atoms. The van der Waals surface area contributed by atoms with Crippen LogP contribution in [0.3, 0.4) is 0 Å². The average molecular weight is 320 g/mol. The maximum absolute atomic E-state index is 12.7. The van der Waals surface area contributed by atoms with Crippen LogP contribution in [0.4, 0.5) is 24.9 Å². The highest BCUT2D eigenvalue weighted by molar-refractivity contribution is 5.81. The van der Waals surface area contributed by atoms with Crippen LogP contribution in [0, 0.1) is 0 Å². The predicted octanol–water partition coefficient (Wildman–Crippen LogP) is 2.19. The van der Waals surface area contributed by atoms with Crippen molar-refractivity contribution in [2.75, 3.05) is 11.5 Å². The Balaban J connectivity index is 1.96. The van der Waals surface area contributed by atoms with Gasteiger partial charge in [-0.1, -0.05) is 18.2 Å². The van der Waals surface area contributed by atoms with E-state index in [4.69, 9.17) is 11.5 Å². The van der Waals surface area contributed by atoms with Crippen LogP contribution in [-0.4, -0.2) is 19.9 Å². The van der Waals surface area contributed by atoms with Crippen LogP contribution >= 0.6 is 0 Å². The van der Waals surface area contributed by atoms with E-state index in [-0.39, 0.29) is 23.8 Å². The number of benzene rings is 1.